The smallest absolute Gasteiger partial charge is 0.251 e. The highest BCUT2D eigenvalue weighted by atomic mass is 16.5. The lowest BCUT2D eigenvalue weighted by Crippen LogP contribution is -2.58. The van der Waals surface area contributed by atoms with E-state index in [9.17, 15) is 9.90 Å². The van der Waals surface area contributed by atoms with E-state index in [1.54, 1.807) is 37.4 Å². The number of carbonyl (C=O) groups is 1. The maximum absolute atomic E-state index is 11.4. The molecule has 2 aliphatic heterocycles. The molecule has 192 valence electrons. The molecule has 1 aliphatic carbocycles. The Morgan fingerprint density at radius 3 is 2.34 bits per heavy atom. The average Bonchev–Trinajstić information content (AvgIpc) is 3.46. The number of hydrogen-bond acceptors (Lipinski definition) is 7. The molecular formula is C26H42BN5O3. The number of aliphatic hydroxyl groups is 1. The van der Waals surface area contributed by atoms with Crippen LogP contribution < -0.4 is 22.5 Å². The van der Waals surface area contributed by atoms with Crippen LogP contribution in [-0.2, 0) is 4.74 Å². The van der Waals surface area contributed by atoms with Crippen molar-refractivity contribution in [2.24, 2.45) is 29.0 Å². The van der Waals surface area contributed by atoms with Crippen molar-refractivity contribution in [3.63, 3.8) is 0 Å². The number of hydrogen-bond donors (Lipinski definition) is 5. The molecule has 1 aromatic carbocycles. The fourth-order valence-electron chi connectivity index (χ4n) is 5.07. The van der Waals surface area contributed by atoms with Crippen LogP contribution in [0.2, 0.25) is 0 Å². The van der Waals surface area contributed by atoms with Gasteiger partial charge in [0.15, 0.2) is 0 Å². The van der Waals surface area contributed by atoms with Crippen LogP contribution in [0.1, 0.15) is 61.9 Å². The molecular weight excluding hydrogens is 441 g/mol. The molecule has 8 nitrogen and oxygen atoms in total. The summed E-state index contributed by atoms with van der Waals surface area (Å²) in [5.74, 6) is 1.53. The van der Waals surface area contributed by atoms with Crippen molar-refractivity contribution in [3.05, 3.63) is 53.4 Å². The molecule has 8 N–H and O–H groups in total. The van der Waals surface area contributed by atoms with E-state index in [1.807, 2.05) is 0 Å². The summed E-state index contributed by atoms with van der Waals surface area (Å²) in [6.07, 6.45) is 9.97. The van der Waals surface area contributed by atoms with Gasteiger partial charge in [-0.25, -0.2) is 0 Å². The van der Waals surface area contributed by atoms with Crippen LogP contribution >= 0.6 is 0 Å². The summed E-state index contributed by atoms with van der Waals surface area (Å²) in [5.41, 5.74) is 16.9. The highest BCUT2D eigenvalue weighted by Gasteiger charge is 2.46. The van der Waals surface area contributed by atoms with E-state index in [1.165, 1.54) is 25.3 Å². The normalized spacial score (nSPS) is 25.8. The second-order valence-corrected chi connectivity index (χ2v) is 9.44. The predicted octanol–water partition coefficient (Wildman–Crippen LogP) is 1.84. The molecule has 0 aromatic heterocycles. The van der Waals surface area contributed by atoms with Crippen molar-refractivity contribution >= 4 is 19.5 Å². The van der Waals surface area contributed by atoms with Gasteiger partial charge in [0.2, 0.25) is 0 Å². The standard InChI is InChI=1S/C13H22BNO2.C12H16N4O.CH4/c14-13(16,12-6-1-2-7-17-12)15-8-10-4-3-5-11(10)9-15;1-16-12(17)9-4-2-3-8(7-9)10(13)5-6-11(14)15;/h10-12,16H,1-9H2;2-7H,13-15H2,1H3,(H,16,17);1H4/b;10-5-;. The van der Waals surface area contributed by atoms with Crippen molar-refractivity contribution in [1.82, 2.24) is 10.2 Å². The van der Waals surface area contributed by atoms with Crippen LogP contribution in [0.4, 0.5) is 0 Å². The van der Waals surface area contributed by atoms with Gasteiger partial charge >= 0.3 is 0 Å². The highest BCUT2D eigenvalue weighted by molar-refractivity contribution is 6.14. The molecule has 2 saturated heterocycles. The first-order valence-corrected chi connectivity index (χ1v) is 12.1. The molecule has 2 heterocycles. The number of fused-ring (bicyclic) bond motifs is 1. The van der Waals surface area contributed by atoms with Crippen molar-refractivity contribution in [2.75, 3.05) is 26.7 Å². The van der Waals surface area contributed by atoms with Crippen LogP contribution in [0.25, 0.3) is 5.70 Å². The van der Waals surface area contributed by atoms with E-state index >= 15 is 0 Å². The summed E-state index contributed by atoms with van der Waals surface area (Å²) < 4.78 is 5.66. The summed E-state index contributed by atoms with van der Waals surface area (Å²) in [6.45, 7) is 2.65. The number of nitrogens with zero attached hydrogens (tertiary/aromatic N) is 1. The second kappa shape index (κ2) is 13.0. The largest absolute Gasteiger partial charge is 0.398 e. The van der Waals surface area contributed by atoms with Gasteiger partial charge in [0, 0.05) is 38.0 Å². The van der Waals surface area contributed by atoms with Crippen LogP contribution in [0.3, 0.4) is 0 Å². The zero-order chi connectivity index (χ0) is 24.7. The van der Waals surface area contributed by atoms with Gasteiger partial charge < -0.3 is 32.4 Å². The van der Waals surface area contributed by atoms with E-state index < -0.39 is 5.62 Å². The number of nitrogens with one attached hydrogen (secondary N) is 1. The predicted molar refractivity (Wildman–Crippen MR) is 142 cm³/mol. The van der Waals surface area contributed by atoms with E-state index in [-0.39, 0.29) is 25.3 Å². The Bertz CT molecular complexity index is 883. The first-order chi connectivity index (χ1) is 16.2. The van der Waals surface area contributed by atoms with E-state index in [4.69, 9.17) is 29.8 Å². The highest BCUT2D eigenvalue weighted by Crippen LogP contribution is 2.40. The van der Waals surface area contributed by atoms with E-state index in [0.717, 1.165) is 56.4 Å². The number of carbonyl (C=O) groups excluding carboxylic acids is 1. The molecule has 4 atom stereocenters. The lowest BCUT2D eigenvalue weighted by atomic mass is 9.80. The minimum absolute atomic E-state index is 0. The second-order valence-electron chi connectivity index (χ2n) is 9.44. The van der Waals surface area contributed by atoms with Crippen molar-refractivity contribution in [3.8, 4) is 0 Å². The SMILES string of the molecule is C.CNC(=O)c1cccc(/C(N)=C/C=C(N)N)c1.[B]C(O)(C1CCCCO1)N1CC2CCCC2C1. The molecule has 3 aliphatic rings. The number of rotatable bonds is 5. The van der Waals surface area contributed by atoms with Crippen LogP contribution in [0.5, 0.6) is 0 Å². The number of likely N-dealkylation sites (tertiary alicyclic amines) is 1. The molecule has 4 rings (SSSR count). The number of allylic oxidation sites excluding steroid dienone is 2. The van der Waals surface area contributed by atoms with Gasteiger partial charge in [0.25, 0.3) is 5.91 Å². The molecule has 1 aromatic rings. The third-order valence-electron chi connectivity index (χ3n) is 7.03. The topological polar surface area (TPSA) is 140 Å². The molecule has 35 heavy (non-hydrogen) atoms. The Morgan fingerprint density at radius 2 is 1.77 bits per heavy atom. The lowest BCUT2D eigenvalue weighted by Gasteiger charge is -2.43. The molecule has 0 bridgehead atoms. The Balaban J connectivity index is 0.000000240. The molecule has 1 amide bonds. The zero-order valence-corrected chi connectivity index (χ0v) is 20.1. The fraction of sp³-hybridized carbons (Fsp3) is 0.577. The van der Waals surface area contributed by atoms with Gasteiger partial charge in [-0.1, -0.05) is 26.0 Å². The van der Waals surface area contributed by atoms with Crippen LogP contribution in [-0.4, -0.2) is 62.2 Å². The Morgan fingerprint density at radius 1 is 1.11 bits per heavy atom. The monoisotopic (exact) mass is 483 g/mol. The summed E-state index contributed by atoms with van der Waals surface area (Å²) in [6, 6.07) is 6.98. The minimum Gasteiger partial charge on any atom is -0.398 e. The van der Waals surface area contributed by atoms with Gasteiger partial charge in [-0.2, -0.15) is 0 Å². The summed E-state index contributed by atoms with van der Waals surface area (Å²) in [7, 11) is 7.73. The first kappa shape index (κ1) is 28.8. The molecule has 2 radical (unpaired) electrons. The number of benzene rings is 1. The Hall–Kier alpha value is -2.49. The third-order valence-corrected chi connectivity index (χ3v) is 7.03. The molecule has 3 fully saturated rings. The molecule has 0 spiro atoms. The fourth-order valence-corrected chi connectivity index (χ4v) is 5.07. The van der Waals surface area contributed by atoms with Gasteiger partial charge in [0.05, 0.1) is 17.5 Å². The van der Waals surface area contributed by atoms with Crippen molar-refractivity contribution in [2.45, 2.75) is 57.7 Å². The Labute approximate surface area is 211 Å². The molecule has 1 saturated carbocycles. The van der Waals surface area contributed by atoms with E-state index in [0.29, 0.717) is 11.3 Å². The van der Waals surface area contributed by atoms with E-state index in [2.05, 4.69) is 10.2 Å². The first-order valence-electron chi connectivity index (χ1n) is 12.1. The number of ether oxygens (including phenoxy) is 1. The van der Waals surface area contributed by atoms with Gasteiger partial charge in [-0.15, -0.1) is 0 Å². The molecule has 9 heteroatoms. The lowest BCUT2D eigenvalue weighted by molar-refractivity contribution is -0.152. The molecule has 4 unspecified atom stereocenters. The van der Waals surface area contributed by atoms with Crippen molar-refractivity contribution in [1.29, 1.82) is 0 Å². The van der Waals surface area contributed by atoms with Crippen LogP contribution in [0, 0.1) is 11.8 Å². The number of nitrogens with two attached hydrogens (primary N) is 3. The van der Waals surface area contributed by atoms with Crippen LogP contribution in [0.15, 0.2) is 42.2 Å². The number of amides is 1. The minimum atomic E-state index is -1.25. The average molecular weight is 483 g/mol. The Kier molecular flexibility index (Phi) is 10.7. The van der Waals surface area contributed by atoms with Gasteiger partial charge in [-0.05, 0) is 73.8 Å². The zero-order valence-electron chi connectivity index (χ0n) is 20.1. The summed E-state index contributed by atoms with van der Waals surface area (Å²) >= 11 is 0. The van der Waals surface area contributed by atoms with Gasteiger partial charge in [0.1, 0.15) is 7.85 Å². The maximum atomic E-state index is 11.4. The quantitative estimate of drug-likeness (QED) is 0.318. The third kappa shape index (κ3) is 7.50. The maximum Gasteiger partial charge on any atom is 0.251 e. The summed E-state index contributed by atoms with van der Waals surface area (Å²) in [5, 5.41) is 13.1. The summed E-state index contributed by atoms with van der Waals surface area (Å²) in [4.78, 5) is 13.5. The van der Waals surface area contributed by atoms with Crippen molar-refractivity contribution < 1.29 is 14.6 Å². The van der Waals surface area contributed by atoms with Gasteiger partial charge in [-0.3, -0.25) is 9.69 Å².